The number of ether oxygens (including phenoxy) is 2. The van der Waals surface area contributed by atoms with Crippen molar-refractivity contribution in [2.45, 2.75) is 18.5 Å². The standard InChI is InChI=1S/C26H24N4O3/c1-32-21-13-11-19(12-14-21)23-16-24(18-7-4-3-5-8-18)30-26(27-17-28-30)29(23)25(31)20-9-6-10-22(15-20)33-2/h3-15,17,23-24H,16H2,1-2H3/t23-,24+/m0/s1. The van der Waals surface area contributed by atoms with E-state index < -0.39 is 0 Å². The molecule has 0 bridgehead atoms. The first-order valence-corrected chi connectivity index (χ1v) is 10.8. The fourth-order valence-electron chi connectivity index (χ4n) is 4.38. The van der Waals surface area contributed by atoms with E-state index in [1.54, 1.807) is 31.3 Å². The van der Waals surface area contributed by atoms with Crippen LogP contribution in [0.2, 0.25) is 0 Å². The number of hydrogen-bond donors (Lipinski definition) is 0. The van der Waals surface area contributed by atoms with E-state index in [-0.39, 0.29) is 18.0 Å². The van der Waals surface area contributed by atoms with Crippen LogP contribution in [0.5, 0.6) is 11.5 Å². The van der Waals surface area contributed by atoms with Gasteiger partial charge in [0.1, 0.15) is 17.8 Å². The number of methoxy groups -OCH3 is 2. The molecule has 0 saturated carbocycles. The quantitative estimate of drug-likeness (QED) is 0.451. The summed E-state index contributed by atoms with van der Waals surface area (Å²) in [4.78, 5) is 20.1. The number of amides is 1. The summed E-state index contributed by atoms with van der Waals surface area (Å²) in [6.45, 7) is 0. The first kappa shape index (κ1) is 20.8. The Hall–Kier alpha value is -4.13. The molecule has 0 aliphatic carbocycles. The van der Waals surface area contributed by atoms with Crippen molar-refractivity contribution in [3.05, 3.63) is 102 Å². The lowest BCUT2D eigenvalue weighted by atomic mass is 9.91. The van der Waals surface area contributed by atoms with Crippen molar-refractivity contribution < 1.29 is 14.3 Å². The third kappa shape index (κ3) is 3.82. The number of nitrogens with zero attached hydrogens (tertiary/aromatic N) is 4. The van der Waals surface area contributed by atoms with E-state index in [2.05, 4.69) is 22.2 Å². The highest BCUT2D eigenvalue weighted by molar-refractivity contribution is 6.06. The highest BCUT2D eigenvalue weighted by atomic mass is 16.5. The Morgan fingerprint density at radius 1 is 0.848 bits per heavy atom. The number of hydrogen-bond acceptors (Lipinski definition) is 5. The third-order valence-corrected chi connectivity index (χ3v) is 6.04. The van der Waals surface area contributed by atoms with E-state index in [0.29, 0.717) is 23.7 Å². The number of rotatable bonds is 5. The fraction of sp³-hybridized carbons (Fsp3) is 0.192. The predicted molar refractivity (Wildman–Crippen MR) is 125 cm³/mol. The topological polar surface area (TPSA) is 69.5 Å². The highest BCUT2D eigenvalue weighted by Crippen LogP contribution is 2.42. The van der Waals surface area contributed by atoms with Crippen LogP contribution in [0, 0.1) is 0 Å². The summed E-state index contributed by atoms with van der Waals surface area (Å²) in [5.74, 6) is 1.75. The Bertz CT molecular complexity index is 1250. The molecule has 1 aliphatic rings. The Balaban J connectivity index is 1.63. The zero-order chi connectivity index (χ0) is 22.8. The van der Waals surface area contributed by atoms with Gasteiger partial charge in [-0.25, -0.2) is 4.68 Å². The van der Waals surface area contributed by atoms with Crippen LogP contribution in [0.15, 0.2) is 85.2 Å². The highest BCUT2D eigenvalue weighted by Gasteiger charge is 2.39. The smallest absolute Gasteiger partial charge is 0.261 e. The molecule has 2 heterocycles. The van der Waals surface area contributed by atoms with Crippen LogP contribution in [0.4, 0.5) is 5.95 Å². The summed E-state index contributed by atoms with van der Waals surface area (Å²) in [7, 11) is 3.23. The molecule has 0 spiro atoms. The monoisotopic (exact) mass is 440 g/mol. The van der Waals surface area contributed by atoms with Crippen molar-refractivity contribution in [1.29, 1.82) is 0 Å². The third-order valence-electron chi connectivity index (χ3n) is 6.04. The van der Waals surface area contributed by atoms with Gasteiger partial charge in [-0.3, -0.25) is 9.69 Å². The van der Waals surface area contributed by atoms with Crippen LogP contribution in [-0.4, -0.2) is 34.9 Å². The molecular formula is C26H24N4O3. The van der Waals surface area contributed by atoms with E-state index >= 15 is 0 Å². The maximum atomic E-state index is 13.8. The summed E-state index contributed by atoms with van der Waals surface area (Å²) in [5.41, 5.74) is 2.65. The van der Waals surface area contributed by atoms with Crippen molar-refractivity contribution in [2.75, 3.05) is 19.1 Å². The summed E-state index contributed by atoms with van der Waals surface area (Å²) in [5, 5.41) is 4.50. The van der Waals surface area contributed by atoms with Gasteiger partial charge in [0.15, 0.2) is 0 Å². The molecule has 1 amide bonds. The number of benzene rings is 3. The van der Waals surface area contributed by atoms with Crippen molar-refractivity contribution in [1.82, 2.24) is 14.8 Å². The first-order chi connectivity index (χ1) is 16.2. The average molecular weight is 441 g/mol. The van der Waals surface area contributed by atoms with Crippen LogP contribution in [0.3, 0.4) is 0 Å². The number of fused-ring (bicyclic) bond motifs is 1. The molecule has 0 radical (unpaired) electrons. The lowest BCUT2D eigenvalue weighted by Crippen LogP contribution is -2.42. The molecule has 0 unspecified atom stereocenters. The zero-order valence-corrected chi connectivity index (χ0v) is 18.5. The zero-order valence-electron chi connectivity index (χ0n) is 18.5. The van der Waals surface area contributed by atoms with Gasteiger partial charge in [0.2, 0.25) is 5.95 Å². The minimum atomic E-state index is -0.239. The van der Waals surface area contributed by atoms with E-state index in [9.17, 15) is 4.79 Å². The van der Waals surface area contributed by atoms with Crippen LogP contribution in [0.1, 0.15) is 40.0 Å². The van der Waals surface area contributed by atoms with Crippen LogP contribution >= 0.6 is 0 Å². The fourth-order valence-corrected chi connectivity index (χ4v) is 4.38. The maximum absolute atomic E-state index is 13.8. The minimum Gasteiger partial charge on any atom is -0.497 e. The Labute approximate surface area is 192 Å². The average Bonchev–Trinajstić information content (AvgIpc) is 3.38. The number of aromatic nitrogens is 3. The molecule has 0 N–H and O–H groups in total. The molecule has 7 nitrogen and oxygen atoms in total. The van der Waals surface area contributed by atoms with Gasteiger partial charge in [-0.1, -0.05) is 48.5 Å². The molecule has 1 aliphatic heterocycles. The Kier molecular flexibility index (Phi) is 5.52. The molecule has 7 heteroatoms. The first-order valence-electron chi connectivity index (χ1n) is 10.8. The number of carbonyl (C=O) groups is 1. The molecule has 33 heavy (non-hydrogen) atoms. The molecule has 4 aromatic rings. The van der Waals surface area contributed by atoms with Crippen molar-refractivity contribution in [3.8, 4) is 11.5 Å². The number of anilines is 1. The van der Waals surface area contributed by atoms with Crippen LogP contribution < -0.4 is 14.4 Å². The molecule has 1 aromatic heterocycles. The summed E-state index contributed by atoms with van der Waals surface area (Å²) in [6.07, 6.45) is 2.16. The van der Waals surface area contributed by atoms with Crippen molar-refractivity contribution >= 4 is 11.9 Å². The summed E-state index contributed by atoms with van der Waals surface area (Å²) < 4.78 is 12.5. The van der Waals surface area contributed by atoms with Gasteiger partial charge in [-0.2, -0.15) is 10.1 Å². The van der Waals surface area contributed by atoms with Crippen LogP contribution in [-0.2, 0) is 0 Å². The second-order valence-electron chi connectivity index (χ2n) is 7.86. The van der Waals surface area contributed by atoms with E-state index in [1.807, 2.05) is 59.3 Å². The SMILES string of the molecule is COc1ccc([C@@H]2C[C@H](c3ccccc3)n3ncnc3N2C(=O)c2cccc(OC)c2)cc1. The molecule has 0 saturated heterocycles. The second-order valence-corrected chi connectivity index (χ2v) is 7.86. The maximum Gasteiger partial charge on any atom is 0.261 e. The lowest BCUT2D eigenvalue weighted by molar-refractivity contribution is 0.0963. The summed E-state index contributed by atoms with van der Waals surface area (Å²) in [6, 6.07) is 24.9. The van der Waals surface area contributed by atoms with E-state index in [1.165, 1.54) is 6.33 Å². The Morgan fingerprint density at radius 2 is 1.58 bits per heavy atom. The second kappa shape index (κ2) is 8.78. The minimum absolute atomic E-state index is 0.0508. The van der Waals surface area contributed by atoms with Gasteiger partial charge >= 0.3 is 0 Å². The van der Waals surface area contributed by atoms with Gasteiger partial charge in [0.25, 0.3) is 5.91 Å². The predicted octanol–water partition coefficient (Wildman–Crippen LogP) is 4.68. The van der Waals surface area contributed by atoms with E-state index in [4.69, 9.17) is 9.47 Å². The lowest BCUT2D eigenvalue weighted by Gasteiger charge is -2.39. The largest absolute Gasteiger partial charge is 0.497 e. The Morgan fingerprint density at radius 3 is 2.30 bits per heavy atom. The van der Waals surface area contributed by atoms with Gasteiger partial charge in [0.05, 0.1) is 26.3 Å². The van der Waals surface area contributed by atoms with Crippen LogP contribution in [0.25, 0.3) is 0 Å². The van der Waals surface area contributed by atoms with Crippen molar-refractivity contribution in [3.63, 3.8) is 0 Å². The molecule has 166 valence electrons. The molecule has 3 aromatic carbocycles. The van der Waals surface area contributed by atoms with Gasteiger partial charge < -0.3 is 9.47 Å². The van der Waals surface area contributed by atoms with Gasteiger partial charge in [0, 0.05) is 5.56 Å². The molecule has 0 fully saturated rings. The molecule has 5 rings (SSSR count). The molecular weight excluding hydrogens is 416 g/mol. The molecule has 2 atom stereocenters. The normalized spacial score (nSPS) is 17.3. The summed E-state index contributed by atoms with van der Waals surface area (Å²) >= 11 is 0. The van der Waals surface area contributed by atoms with E-state index in [0.717, 1.165) is 16.9 Å². The van der Waals surface area contributed by atoms with Gasteiger partial charge in [-0.05, 0) is 47.9 Å². The van der Waals surface area contributed by atoms with Gasteiger partial charge in [-0.15, -0.1) is 0 Å². The number of carbonyl (C=O) groups excluding carboxylic acids is 1. The van der Waals surface area contributed by atoms with Crippen molar-refractivity contribution in [2.24, 2.45) is 0 Å².